The number of nitrogens with zero attached hydrogens (tertiary/aromatic N) is 3. The summed E-state index contributed by atoms with van der Waals surface area (Å²) in [7, 11) is 2.60. The Morgan fingerprint density at radius 2 is 1.94 bits per heavy atom. The van der Waals surface area contributed by atoms with Crippen LogP contribution in [0.3, 0.4) is 0 Å². The largest absolute Gasteiger partial charge is 0.287 e. The van der Waals surface area contributed by atoms with Crippen LogP contribution >= 0.6 is 21.6 Å². The second-order valence-electron chi connectivity index (χ2n) is 3.52. The zero-order valence-electron chi connectivity index (χ0n) is 9.68. The summed E-state index contributed by atoms with van der Waals surface area (Å²) in [5.41, 5.74) is -0.0731. The number of hydrogen-bond acceptors (Lipinski definition) is 7. The minimum Gasteiger partial charge on any atom is -0.264 e. The van der Waals surface area contributed by atoms with E-state index in [4.69, 9.17) is 0 Å². The molecule has 1 aromatic heterocycles. The van der Waals surface area contributed by atoms with Gasteiger partial charge in [0.1, 0.15) is 11.2 Å². The van der Waals surface area contributed by atoms with Gasteiger partial charge in [-0.2, -0.15) is 0 Å². The van der Waals surface area contributed by atoms with Gasteiger partial charge in [0, 0.05) is 17.9 Å². The van der Waals surface area contributed by atoms with E-state index in [0.29, 0.717) is 5.03 Å². The number of hydrogen-bond donors (Lipinski definition) is 0. The normalized spacial score (nSPS) is 13.9. The van der Waals surface area contributed by atoms with Crippen molar-refractivity contribution >= 4 is 27.3 Å². The highest BCUT2D eigenvalue weighted by Crippen LogP contribution is 2.35. The zero-order chi connectivity index (χ0) is 13.7. The third kappa shape index (κ3) is 4.15. The monoisotopic (exact) mass is 289 g/mol. The van der Waals surface area contributed by atoms with E-state index >= 15 is 0 Å². The van der Waals surface area contributed by atoms with E-state index in [-0.39, 0.29) is 15.9 Å². The summed E-state index contributed by atoms with van der Waals surface area (Å²) in [6, 6.07) is 2.23. The van der Waals surface area contributed by atoms with Crippen LogP contribution in [0, 0.1) is 20.2 Å². The Bertz CT molecular complexity index is 440. The fourth-order valence-electron chi connectivity index (χ4n) is 0.907. The number of nitro groups is 2. The van der Waals surface area contributed by atoms with E-state index in [1.165, 1.54) is 39.9 Å². The summed E-state index contributed by atoms with van der Waals surface area (Å²) in [4.78, 5) is 24.0. The first-order valence-corrected chi connectivity index (χ1v) is 7.20. The van der Waals surface area contributed by atoms with Crippen molar-refractivity contribution in [2.24, 2.45) is 0 Å². The Morgan fingerprint density at radius 1 is 1.28 bits per heavy atom. The number of rotatable bonds is 6. The highest BCUT2D eigenvalue weighted by atomic mass is 33.1. The number of aromatic nitrogens is 1. The number of pyridine rings is 1. The summed E-state index contributed by atoms with van der Waals surface area (Å²) < 4.78 is 0. The molecule has 9 heteroatoms. The van der Waals surface area contributed by atoms with E-state index in [2.05, 4.69) is 4.98 Å². The first kappa shape index (κ1) is 14.7. The molecule has 1 heterocycles. The van der Waals surface area contributed by atoms with Crippen molar-refractivity contribution in [3.8, 4) is 0 Å². The van der Waals surface area contributed by atoms with Crippen LogP contribution in [0.25, 0.3) is 0 Å². The molecule has 0 radical (unpaired) electrons. The van der Waals surface area contributed by atoms with Gasteiger partial charge >= 0.3 is 0 Å². The molecule has 0 aliphatic rings. The van der Waals surface area contributed by atoms with Crippen LogP contribution in [0.2, 0.25) is 0 Å². The van der Waals surface area contributed by atoms with Crippen LogP contribution in [0.5, 0.6) is 0 Å². The third-order valence-electron chi connectivity index (χ3n) is 2.23. The molecule has 0 bridgehead atoms. The van der Waals surface area contributed by atoms with Crippen molar-refractivity contribution in [1.29, 1.82) is 0 Å². The lowest BCUT2D eigenvalue weighted by atomic mass is 10.3. The van der Waals surface area contributed by atoms with Crippen LogP contribution in [0.1, 0.15) is 13.8 Å². The van der Waals surface area contributed by atoms with Gasteiger partial charge < -0.3 is 0 Å². The highest BCUT2D eigenvalue weighted by molar-refractivity contribution is 8.76. The molecule has 0 spiro atoms. The van der Waals surface area contributed by atoms with Crippen molar-refractivity contribution in [2.75, 3.05) is 0 Å². The minimum absolute atomic E-state index is 0.0731. The SMILES string of the molecule is CC([C@H](C)SSc1ccc([N+](=O)[O-])cn1)[N+](=O)[O-]. The first-order valence-electron chi connectivity index (χ1n) is 4.99. The summed E-state index contributed by atoms with van der Waals surface area (Å²) in [5, 5.41) is 21.4. The van der Waals surface area contributed by atoms with Gasteiger partial charge in [0.25, 0.3) is 5.69 Å². The lowest BCUT2D eigenvalue weighted by molar-refractivity contribution is -0.516. The van der Waals surface area contributed by atoms with Crippen molar-refractivity contribution in [3.05, 3.63) is 38.6 Å². The quantitative estimate of drug-likeness (QED) is 0.451. The maximum atomic E-state index is 10.6. The van der Waals surface area contributed by atoms with E-state index in [9.17, 15) is 20.2 Å². The fraction of sp³-hybridized carbons (Fsp3) is 0.444. The van der Waals surface area contributed by atoms with E-state index in [1.54, 1.807) is 13.8 Å². The van der Waals surface area contributed by atoms with Gasteiger partial charge in [0.05, 0.1) is 10.2 Å². The molecular weight excluding hydrogens is 278 g/mol. The molecule has 0 fully saturated rings. The molecule has 98 valence electrons. The lowest BCUT2D eigenvalue weighted by Crippen LogP contribution is -2.25. The standard InChI is InChI=1S/C9H11N3O4S2/c1-6(11(13)14)7(2)17-18-9-4-3-8(5-10-9)12(15)16/h3-7H,1-2H3/t6?,7-/m0/s1. The van der Waals surface area contributed by atoms with Gasteiger partial charge in [0.15, 0.2) is 0 Å². The van der Waals surface area contributed by atoms with Gasteiger partial charge in [0.2, 0.25) is 6.04 Å². The Morgan fingerprint density at radius 3 is 2.39 bits per heavy atom. The van der Waals surface area contributed by atoms with Gasteiger partial charge in [-0.25, -0.2) is 4.98 Å². The third-order valence-corrected chi connectivity index (χ3v) is 5.15. The molecule has 7 nitrogen and oxygen atoms in total. The predicted octanol–water partition coefficient (Wildman–Crippen LogP) is 2.78. The average molecular weight is 289 g/mol. The summed E-state index contributed by atoms with van der Waals surface area (Å²) in [6.07, 6.45) is 1.17. The van der Waals surface area contributed by atoms with Crippen LogP contribution < -0.4 is 0 Å². The summed E-state index contributed by atoms with van der Waals surface area (Å²) >= 11 is 0. The Labute approximate surface area is 111 Å². The van der Waals surface area contributed by atoms with E-state index < -0.39 is 11.0 Å². The smallest absolute Gasteiger partial charge is 0.264 e. The molecular formula is C9H11N3O4S2. The maximum Gasteiger partial charge on any atom is 0.287 e. The summed E-state index contributed by atoms with van der Waals surface area (Å²) in [5.74, 6) is 0. The Kier molecular flexibility index (Phi) is 5.35. The van der Waals surface area contributed by atoms with Crippen molar-refractivity contribution in [1.82, 2.24) is 4.98 Å². The molecule has 0 amide bonds. The first-order chi connectivity index (χ1) is 8.41. The second-order valence-corrected chi connectivity index (χ2v) is 6.12. The molecule has 0 saturated heterocycles. The van der Waals surface area contributed by atoms with Crippen molar-refractivity contribution in [2.45, 2.75) is 30.2 Å². The molecule has 0 N–H and O–H groups in total. The van der Waals surface area contributed by atoms with E-state index in [0.717, 1.165) is 0 Å². The molecule has 1 rings (SSSR count). The second kappa shape index (κ2) is 6.55. The molecule has 1 aromatic rings. The van der Waals surface area contributed by atoms with Crippen LogP contribution in [0.4, 0.5) is 5.69 Å². The summed E-state index contributed by atoms with van der Waals surface area (Å²) in [6.45, 7) is 3.30. The molecule has 2 atom stereocenters. The molecule has 18 heavy (non-hydrogen) atoms. The molecule has 1 unspecified atom stereocenters. The van der Waals surface area contributed by atoms with Crippen molar-refractivity contribution in [3.63, 3.8) is 0 Å². The molecule has 0 aromatic carbocycles. The Balaban J connectivity index is 2.53. The Hall–Kier alpha value is -1.35. The fourth-order valence-corrected chi connectivity index (χ4v) is 3.17. The van der Waals surface area contributed by atoms with Gasteiger partial charge in [-0.05, 0) is 23.8 Å². The van der Waals surface area contributed by atoms with Crippen molar-refractivity contribution < 1.29 is 9.85 Å². The molecule has 0 aliphatic carbocycles. The highest BCUT2D eigenvalue weighted by Gasteiger charge is 2.23. The topological polar surface area (TPSA) is 99.2 Å². The van der Waals surface area contributed by atoms with Crippen LogP contribution in [-0.2, 0) is 0 Å². The van der Waals surface area contributed by atoms with Gasteiger partial charge in [-0.15, -0.1) is 0 Å². The maximum absolute atomic E-state index is 10.6. The molecule has 0 saturated carbocycles. The van der Waals surface area contributed by atoms with Crippen LogP contribution in [-0.4, -0.2) is 26.1 Å². The van der Waals surface area contributed by atoms with E-state index in [1.807, 2.05) is 0 Å². The average Bonchev–Trinajstić information content (AvgIpc) is 2.35. The van der Waals surface area contributed by atoms with Crippen LogP contribution in [0.15, 0.2) is 23.4 Å². The predicted molar refractivity (Wildman–Crippen MR) is 70.3 cm³/mol. The molecule has 0 aliphatic heterocycles. The lowest BCUT2D eigenvalue weighted by Gasteiger charge is -2.11. The van der Waals surface area contributed by atoms with Gasteiger partial charge in [-0.3, -0.25) is 20.2 Å². The van der Waals surface area contributed by atoms with Gasteiger partial charge in [-0.1, -0.05) is 10.8 Å². The minimum atomic E-state index is -0.652. The zero-order valence-corrected chi connectivity index (χ0v) is 11.3.